The van der Waals surface area contributed by atoms with Gasteiger partial charge in [-0.15, -0.1) is 0 Å². The predicted molar refractivity (Wildman–Crippen MR) is 99.1 cm³/mol. The fourth-order valence-corrected chi connectivity index (χ4v) is 3.14. The lowest BCUT2D eigenvalue weighted by Gasteiger charge is -2.31. The number of halogens is 2. The molecular weight excluding hydrogens is 370 g/mol. The van der Waals surface area contributed by atoms with Gasteiger partial charge in [0.1, 0.15) is 5.82 Å². The molecule has 2 aromatic rings. The number of piperidine rings is 1. The Morgan fingerprint density at radius 2 is 1.93 bits per heavy atom. The summed E-state index contributed by atoms with van der Waals surface area (Å²) in [5, 5.41) is 8.95. The molecule has 8 nitrogen and oxygen atoms in total. The SMILES string of the molecule is Cc1cccc(NC(=O)C2CCN(C(=O)Nc3cn(C)nc3C(F)F)CC2)n1. The highest BCUT2D eigenvalue weighted by molar-refractivity contribution is 5.92. The molecule has 0 radical (unpaired) electrons. The lowest BCUT2D eigenvalue weighted by molar-refractivity contribution is -0.121. The molecule has 0 bridgehead atoms. The van der Waals surface area contributed by atoms with Gasteiger partial charge in [-0.2, -0.15) is 5.10 Å². The van der Waals surface area contributed by atoms with Crippen LogP contribution in [0.1, 0.15) is 30.7 Å². The predicted octanol–water partition coefficient (Wildman–Crippen LogP) is 2.94. The number of aromatic nitrogens is 3. The third-order valence-electron chi connectivity index (χ3n) is 4.60. The van der Waals surface area contributed by atoms with E-state index in [0.29, 0.717) is 31.7 Å². The van der Waals surface area contributed by atoms with E-state index in [0.717, 1.165) is 5.69 Å². The van der Waals surface area contributed by atoms with Gasteiger partial charge in [0.05, 0.1) is 5.69 Å². The Balaban J connectivity index is 1.53. The topological polar surface area (TPSA) is 92.2 Å². The molecule has 1 saturated heterocycles. The summed E-state index contributed by atoms with van der Waals surface area (Å²) >= 11 is 0. The number of pyridine rings is 1. The summed E-state index contributed by atoms with van der Waals surface area (Å²) in [7, 11) is 1.51. The Hall–Kier alpha value is -3.04. The van der Waals surface area contributed by atoms with Crippen molar-refractivity contribution in [3.8, 4) is 0 Å². The van der Waals surface area contributed by atoms with E-state index in [1.807, 2.05) is 19.1 Å². The van der Waals surface area contributed by atoms with Crippen LogP contribution in [0.15, 0.2) is 24.4 Å². The van der Waals surface area contributed by atoms with Crippen LogP contribution in [0.4, 0.5) is 25.1 Å². The molecule has 1 fully saturated rings. The number of likely N-dealkylation sites (tertiary alicyclic amines) is 1. The fraction of sp³-hybridized carbons (Fsp3) is 0.444. The monoisotopic (exact) mass is 392 g/mol. The third-order valence-corrected chi connectivity index (χ3v) is 4.60. The molecule has 0 saturated carbocycles. The summed E-state index contributed by atoms with van der Waals surface area (Å²) in [6.45, 7) is 2.55. The molecule has 28 heavy (non-hydrogen) atoms. The maximum absolute atomic E-state index is 13.0. The average Bonchev–Trinajstić information content (AvgIpc) is 3.02. The van der Waals surface area contributed by atoms with Crippen LogP contribution in [-0.2, 0) is 11.8 Å². The minimum atomic E-state index is -2.78. The Morgan fingerprint density at radius 1 is 1.21 bits per heavy atom. The first-order valence-corrected chi connectivity index (χ1v) is 8.95. The first-order chi connectivity index (χ1) is 13.3. The minimum Gasteiger partial charge on any atom is -0.324 e. The zero-order valence-electron chi connectivity index (χ0n) is 15.7. The molecule has 0 spiro atoms. The highest BCUT2D eigenvalue weighted by atomic mass is 19.3. The highest BCUT2D eigenvalue weighted by Crippen LogP contribution is 2.26. The number of hydrogen-bond acceptors (Lipinski definition) is 4. The molecule has 0 unspecified atom stereocenters. The van der Waals surface area contributed by atoms with E-state index >= 15 is 0 Å². The maximum atomic E-state index is 13.0. The number of rotatable bonds is 4. The summed E-state index contributed by atoms with van der Waals surface area (Å²) in [6.07, 6.45) is -0.463. The van der Waals surface area contributed by atoms with Gasteiger partial charge >= 0.3 is 6.03 Å². The number of amides is 3. The average molecular weight is 392 g/mol. The summed E-state index contributed by atoms with van der Waals surface area (Å²) in [6, 6.07) is 4.90. The Bertz CT molecular complexity index is 862. The van der Waals surface area contributed by atoms with Gasteiger partial charge in [-0.25, -0.2) is 18.6 Å². The number of urea groups is 1. The summed E-state index contributed by atoms with van der Waals surface area (Å²) in [5.74, 6) is 0.132. The van der Waals surface area contributed by atoms with Crippen LogP contribution in [0.5, 0.6) is 0 Å². The van der Waals surface area contributed by atoms with E-state index in [2.05, 4.69) is 20.7 Å². The van der Waals surface area contributed by atoms with E-state index < -0.39 is 18.2 Å². The lowest BCUT2D eigenvalue weighted by atomic mass is 9.96. The molecule has 150 valence electrons. The van der Waals surface area contributed by atoms with Crippen molar-refractivity contribution in [3.63, 3.8) is 0 Å². The van der Waals surface area contributed by atoms with Crippen molar-refractivity contribution in [1.82, 2.24) is 19.7 Å². The van der Waals surface area contributed by atoms with Crippen LogP contribution in [0, 0.1) is 12.8 Å². The second-order valence-corrected chi connectivity index (χ2v) is 6.75. The number of anilines is 2. The Kier molecular flexibility index (Phi) is 5.86. The van der Waals surface area contributed by atoms with Gasteiger partial charge in [-0.3, -0.25) is 9.48 Å². The smallest absolute Gasteiger partial charge is 0.321 e. The van der Waals surface area contributed by atoms with Crippen molar-refractivity contribution in [3.05, 3.63) is 35.8 Å². The largest absolute Gasteiger partial charge is 0.324 e. The molecule has 3 amide bonds. The highest BCUT2D eigenvalue weighted by Gasteiger charge is 2.28. The van der Waals surface area contributed by atoms with E-state index in [-0.39, 0.29) is 17.5 Å². The van der Waals surface area contributed by atoms with Gasteiger partial charge < -0.3 is 15.5 Å². The third kappa shape index (κ3) is 4.62. The first-order valence-electron chi connectivity index (χ1n) is 8.95. The summed E-state index contributed by atoms with van der Waals surface area (Å²) < 4.78 is 27.2. The first kappa shape index (κ1) is 19.7. The van der Waals surface area contributed by atoms with E-state index in [1.165, 1.54) is 22.8 Å². The molecule has 10 heteroatoms. The second kappa shape index (κ2) is 8.32. The van der Waals surface area contributed by atoms with Gasteiger partial charge in [0.2, 0.25) is 5.91 Å². The molecular formula is C18H22F2N6O2. The molecule has 0 aliphatic carbocycles. The number of carbonyl (C=O) groups is 2. The fourth-order valence-electron chi connectivity index (χ4n) is 3.14. The van der Waals surface area contributed by atoms with Crippen molar-refractivity contribution in [1.29, 1.82) is 0 Å². The van der Waals surface area contributed by atoms with Crippen molar-refractivity contribution in [2.24, 2.45) is 13.0 Å². The van der Waals surface area contributed by atoms with Crippen molar-refractivity contribution >= 4 is 23.4 Å². The van der Waals surface area contributed by atoms with Gasteiger partial charge in [-0.1, -0.05) is 6.07 Å². The quantitative estimate of drug-likeness (QED) is 0.837. The van der Waals surface area contributed by atoms with Crippen molar-refractivity contribution in [2.45, 2.75) is 26.2 Å². The maximum Gasteiger partial charge on any atom is 0.321 e. The number of hydrogen-bond donors (Lipinski definition) is 2. The number of nitrogens with one attached hydrogen (secondary N) is 2. The number of nitrogens with zero attached hydrogens (tertiary/aromatic N) is 4. The second-order valence-electron chi connectivity index (χ2n) is 6.75. The van der Waals surface area contributed by atoms with Crippen LogP contribution in [0.2, 0.25) is 0 Å². The normalized spacial score (nSPS) is 15.0. The van der Waals surface area contributed by atoms with Crippen LogP contribution < -0.4 is 10.6 Å². The van der Waals surface area contributed by atoms with Crippen molar-refractivity contribution in [2.75, 3.05) is 23.7 Å². The van der Waals surface area contributed by atoms with Crippen LogP contribution in [-0.4, -0.2) is 44.7 Å². The number of aryl methyl sites for hydroxylation is 2. The molecule has 1 aliphatic heterocycles. The Morgan fingerprint density at radius 3 is 2.57 bits per heavy atom. The summed E-state index contributed by atoms with van der Waals surface area (Å²) in [4.78, 5) is 30.5. The van der Waals surface area contributed by atoms with Crippen LogP contribution >= 0.6 is 0 Å². The molecule has 3 rings (SSSR count). The molecule has 1 aliphatic rings. The van der Waals surface area contributed by atoms with Crippen molar-refractivity contribution < 1.29 is 18.4 Å². The minimum absolute atomic E-state index is 0.00658. The number of alkyl halides is 2. The standard InChI is InChI=1S/C18H22F2N6O2/c1-11-4-3-5-14(21-11)23-17(27)12-6-8-26(9-7-12)18(28)22-13-10-25(2)24-15(13)16(19)20/h3-5,10,12,16H,6-9H2,1-2H3,(H,22,28)(H,21,23,27). The molecule has 0 aromatic carbocycles. The zero-order chi connectivity index (χ0) is 20.3. The zero-order valence-corrected chi connectivity index (χ0v) is 15.7. The molecule has 3 heterocycles. The van der Waals surface area contributed by atoms with Gasteiger partial charge in [0, 0.05) is 37.9 Å². The van der Waals surface area contributed by atoms with Gasteiger partial charge in [0.15, 0.2) is 5.69 Å². The van der Waals surface area contributed by atoms with Gasteiger partial charge in [0.25, 0.3) is 6.43 Å². The van der Waals surface area contributed by atoms with E-state index in [9.17, 15) is 18.4 Å². The Labute approximate surface area is 160 Å². The van der Waals surface area contributed by atoms with Crippen LogP contribution in [0.3, 0.4) is 0 Å². The van der Waals surface area contributed by atoms with E-state index in [4.69, 9.17) is 0 Å². The van der Waals surface area contributed by atoms with Gasteiger partial charge in [-0.05, 0) is 31.9 Å². The molecule has 2 aromatic heterocycles. The molecule has 2 N–H and O–H groups in total. The number of carbonyl (C=O) groups excluding carboxylic acids is 2. The van der Waals surface area contributed by atoms with Crippen LogP contribution in [0.25, 0.3) is 0 Å². The van der Waals surface area contributed by atoms with E-state index in [1.54, 1.807) is 6.07 Å². The lowest BCUT2D eigenvalue weighted by Crippen LogP contribution is -2.43. The molecule has 0 atom stereocenters. The summed E-state index contributed by atoms with van der Waals surface area (Å²) in [5.41, 5.74) is 0.339.